The lowest BCUT2D eigenvalue weighted by Gasteiger charge is -2.06. The molecule has 1 aliphatic rings. The number of aliphatic hydroxyl groups is 1. The maximum atomic E-state index is 10.4. The molecule has 25 heavy (non-hydrogen) atoms. The second-order valence-corrected chi connectivity index (χ2v) is 7.81. The second-order valence-electron chi connectivity index (χ2n) is 5.84. The van der Waals surface area contributed by atoms with E-state index in [9.17, 15) is 10.4 Å². The van der Waals surface area contributed by atoms with Crippen LogP contribution in [0.1, 0.15) is 29.7 Å². The van der Waals surface area contributed by atoms with E-state index in [1.54, 1.807) is 0 Å². The van der Waals surface area contributed by atoms with E-state index in [4.69, 9.17) is 0 Å². The highest BCUT2D eigenvalue weighted by Crippen LogP contribution is 2.39. The number of aliphatic hydroxyl groups excluding tert-OH is 1. The van der Waals surface area contributed by atoms with Gasteiger partial charge in [0.15, 0.2) is 5.16 Å². The first-order valence-electron chi connectivity index (χ1n) is 7.90. The summed E-state index contributed by atoms with van der Waals surface area (Å²) in [6.07, 6.45) is 2.28. The van der Waals surface area contributed by atoms with Gasteiger partial charge < -0.3 is 9.67 Å². The van der Waals surface area contributed by atoms with Crippen molar-refractivity contribution in [1.29, 1.82) is 5.26 Å². The highest BCUT2D eigenvalue weighted by atomic mass is 32.2. The highest BCUT2D eigenvalue weighted by Gasteiger charge is 2.28. The van der Waals surface area contributed by atoms with Crippen LogP contribution < -0.4 is 0 Å². The molecule has 0 radical (unpaired) electrons. The van der Waals surface area contributed by atoms with Crippen molar-refractivity contribution in [3.05, 3.63) is 40.9 Å². The minimum Gasteiger partial charge on any atom is -0.510 e. The fraction of sp³-hybridized carbons (Fsp3) is 0.294. The SMILES string of the molecule is Cc1nnc(SC/C(O)=C(\C#N)c2nc3ccccc3s2)n1C1CC1. The molecule has 0 unspecified atom stereocenters. The van der Waals surface area contributed by atoms with E-state index in [1.807, 2.05) is 31.2 Å². The molecule has 1 saturated carbocycles. The van der Waals surface area contributed by atoms with Gasteiger partial charge >= 0.3 is 0 Å². The number of aromatic nitrogens is 4. The highest BCUT2D eigenvalue weighted by molar-refractivity contribution is 7.99. The number of hydrogen-bond acceptors (Lipinski definition) is 7. The third-order valence-corrected chi connectivity index (χ3v) is 6.00. The molecule has 1 fully saturated rings. The van der Waals surface area contributed by atoms with Crippen molar-refractivity contribution in [2.24, 2.45) is 0 Å². The minimum absolute atomic E-state index is 0.0227. The Kier molecular flexibility index (Phi) is 4.19. The third kappa shape index (κ3) is 3.13. The fourth-order valence-electron chi connectivity index (χ4n) is 2.62. The molecule has 0 spiro atoms. The number of nitriles is 1. The number of thiazole rings is 1. The van der Waals surface area contributed by atoms with E-state index in [0.717, 1.165) is 34.0 Å². The Morgan fingerprint density at radius 3 is 2.92 bits per heavy atom. The van der Waals surface area contributed by atoms with Crippen molar-refractivity contribution in [2.75, 3.05) is 5.75 Å². The molecule has 0 aliphatic heterocycles. The maximum Gasteiger partial charge on any atom is 0.191 e. The van der Waals surface area contributed by atoms with Crippen LogP contribution in [0.25, 0.3) is 15.8 Å². The topological polar surface area (TPSA) is 87.6 Å². The lowest BCUT2D eigenvalue weighted by atomic mass is 10.2. The number of allylic oxidation sites excluding steroid dienone is 1. The Morgan fingerprint density at radius 1 is 1.40 bits per heavy atom. The number of nitrogens with zero attached hydrogens (tertiary/aromatic N) is 5. The number of hydrogen-bond donors (Lipinski definition) is 1. The lowest BCUT2D eigenvalue weighted by molar-refractivity contribution is 0.420. The first kappa shape index (κ1) is 16.1. The smallest absolute Gasteiger partial charge is 0.191 e. The quantitative estimate of drug-likeness (QED) is 0.413. The van der Waals surface area contributed by atoms with Crippen LogP contribution >= 0.6 is 23.1 Å². The number of benzene rings is 1. The predicted molar refractivity (Wildman–Crippen MR) is 98.5 cm³/mol. The van der Waals surface area contributed by atoms with Gasteiger partial charge in [0.2, 0.25) is 0 Å². The van der Waals surface area contributed by atoms with Crippen LogP contribution in [0.3, 0.4) is 0 Å². The molecule has 6 nitrogen and oxygen atoms in total. The van der Waals surface area contributed by atoms with Gasteiger partial charge in [-0.3, -0.25) is 0 Å². The van der Waals surface area contributed by atoms with Gasteiger partial charge in [0, 0.05) is 6.04 Å². The van der Waals surface area contributed by atoms with Gasteiger partial charge in [-0.1, -0.05) is 23.9 Å². The van der Waals surface area contributed by atoms with E-state index < -0.39 is 0 Å². The Morgan fingerprint density at radius 2 is 2.20 bits per heavy atom. The Balaban J connectivity index is 1.59. The molecule has 0 amide bonds. The van der Waals surface area contributed by atoms with Crippen LogP contribution in [0.4, 0.5) is 0 Å². The molecule has 2 heterocycles. The van der Waals surface area contributed by atoms with Crippen molar-refractivity contribution < 1.29 is 5.11 Å². The zero-order valence-corrected chi connectivity index (χ0v) is 15.1. The summed E-state index contributed by atoms with van der Waals surface area (Å²) in [5.74, 6) is 1.18. The molecule has 1 N–H and O–H groups in total. The average molecular weight is 369 g/mol. The molecule has 0 saturated heterocycles. The monoisotopic (exact) mass is 369 g/mol. The van der Waals surface area contributed by atoms with Gasteiger partial charge in [0.25, 0.3) is 0 Å². The number of fused-ring (bicyclic) bond motifs is 1. The zero-order chi connectivity index (χ0) is 17.4. The number of rotatable bonds is 5. The summed E-state index contributed by atoms with van der Waals surface area (Å²) in [6.45, 7) is 1.94. The summed E-state index contributed by atoms with van der Waals surface area (Å²) >= 11 is 2.80. The van der Waals surface area contributed by atoms with E-state index in [1.165, 1.54) is 23.1 Å². The third-order valence-electron chi connectivity index (χ3n) is 3.99. The molecular formula is C17H15N5OS2. The summed E-state index contributed by atoms with van der Waals surface area (Å²) < 4.78 is 3.11. The van der Waals surface area contributed by atoms with Crippen LogP contribution in [-0.4, -0.2) is 30.6 Å². The normalized spacial score (nSPS) is 15.2. The van der Waals surface area contributed by atoms with Crippen molar-refractivity contribution >= 4 is 38.9 Å². The van der Waals surface area contributed by atoms with Crippen molar-refractivity contribution in [3.8, 4) is 6.07 Å². The molecule has 0 bridgehead atoms. The first-order valence-corrected chi connectivity index (χ1v) is 9.70. The average Bonchev–Trinajstić information content (AvgIpc) is 3.24. The van der Waals surface area contributed by atoms with Crippen LogP contribution in [0, 0.1) is 18.3 Å². The standard InChI is InChI=1S/C17H15N5OS2/c1-10-20-21-17(22(10)11-6-7-11)24-9-14(23)12(8-18)16-19-13-4-2-3-5-15(13)25-16/h2-5,11,23H,6-7,9H2,1H3/b14-12-. The number of thioether (sulfide) groups is 1. The molecule has 4 rings (SSSR count). The molecule has 126 valence electrons. The van der Waals surface area contributed by atoms with Crippen LogP contribution in [0.2, 0.25) is 0 Å². The molecular weight excluding hydrogens is 354 g/mol. The van der Waals surface area contributed by atoms with Crippen LogP contribution in [0.15, 0.2) is 35.2 Å². The second kappa shape index (κ2) is 6.50. The lowest BCUT2D eigenvalue weighted by Crippen LogP contribution is -2.00. The Labute approximate surface area is 152 Å². The minimum atomic E-state index is 0.0227. The van der Waals surface area contributed by atoms with Gasteiger partial charge in [-0.05, 0) is 31.9 Å². The molecule has 1 aromatic carbocycles. The van der Waals surface area contributed by atoms with Gasteiger partial charge in [0.1, 0.15) is 28.2 Å². The van der Waals surface area contributed by atoms with E-state index in [0.29, 0.717) is 11.0 Å². The van der Waals surface area contributed by atoms with Crippen LogP contribution in [-0.2, 0) is 0 Å². The molecule has 0 atom stereocenters. The van der Waals surface area contributed by atoms with Crippen molar-refractivity contribution in [3.63, 3.8) is 0 Å². The van der Waals surface area contributed by atoms with Crippen molar-refractivity contribution in [2.45, 2.75) is 31.0 Å². The summed E-state index contributed by atoms with van der Waals surface area (Å²) in [5.41, 5.74) is 1.06. The van der Waals surface area contributed by atoms with Gasteiger partial charge in [-0.15, -0.1) is 21.5 Å². The summed E-state index contributed by atoms with van der Waals surface area (Å²) in [4.78, 5) is 4.46. The maximum absolute atomic E-state index is 10.4. The Bertz CT molecular complexity index is 977. The van der Waals surface area contributed by atoms with Gasteiger partial charge in [0.05, 0.1) is 16.0 Å². The summed E-state index contributed by atoms with van der Waals surface area (Å²) in [5, 5.41) is 29.6. The number of aryl methyl sites for hydroxylation is 1. The molecule has 1 aliphatic carbocycles. The number of para-hydroxylation sites is 1. The van der Waals surface area contributed by atoms with Gasteiger partial charge in [-0.25, -0.2) is 4.98 Å². The van der Waals surface area contributed by atoms with Crippen LogP contribution in [0.5, 0.6) is 0 Å². The van der Waals surface area contributed by atoms with E-state index >= 15 is 0 Å². The van der Waals surface area contributed by atoms with Crippen molar-refractivity contribution in [1.82, 2.24) is 19.7 Å². The largest absolute Gasteiger partial charge is 0.510 e. The molecule has 3 aromatic rings. The predicted octanol–water partition coefficient (Wildman–Crippen LogP) is 4.12. The zero-order valence-electron chi connectivity index (χ0n) is 13.5. The molecule has 2 aromatic heterocycles. The summed E-state index contributed by atoms with van der Waals surface area (Å²) in [7, 11) is 0. The molecule has 8 heteroatoms. The fourth-order valence-corrected chi connectivity index (χ4v) is 4.53. The first-order chi connectivity index (χ1) is 12.2. The van der Waals surface area contributed by atoms with E-state index in [2.05, 4.69) is 25.8 Å². The Hall–Kier alpha value is -2.37. The van der Waals surface area contributed by atoms with E-state index in [-0.39, 0.29) is 17.1 Å². The van der Waals surface area contributed by atoms with Gasteiger partial charge in [-0.2, -0.15) is 5.26 Å². The summed E-state index contributed by atoms with van der Waals surface area (Å²) in [6, 6.07) is 10.3.